The van der Waals surface area contributed by atoms with E-state index in [1.54, 1.807) is 14.2 Å². The van der Waals surface area contributed by atoms with Crippen LogP contribution in [0, 0.1) is 5.92 Å². The monoisotopic (exact) mass is 270 g/mol. The molecule has 0 heterocycles. The molecule has 2 nitrogen and oxygen atoms in total. The van der Waals surface area contributed by atoms with Crippen LogP contribution < -0.4 is 9.47 Å². The Morgan fingerprint density at radius 1 is 1.17 bits per heavy atom. The lowest BCUT2D eigenvalue weighted by Crippen LogP contribution is -2.14. The van der Waals surface area contributed by atoms with Crippen LogP contribution in [0.15, 0.2) is 18.2 Å². The molecule has 0 amide bonds. The summed E-state index contributed by atoms with van der Waals surface area (Å²) in [7, 11) is 3.31. The number of ether oxygens (including phenoxy) is 2. The van der Waals surface area contributed by atoms with Gasteiger partial charge < -0.3 is 9.47 Å². The van der Waals surface area contributed by atoms with E-state index in [2.05, 4.69) is 19.9 Å². The molecule has 0 bridgehead atoms. The van der Waals surface area contributed by atoms with Gasteiger partial charge >= 0.3 is 0 Å². The normalized spacial score (nSPS) is 14.1. The molecule has 18 heavy (non-hydrogen) atoms. The molecule has 0 saturated carbocycles. The first-order valence-corrected chi connectivity index (χ1v) is 6.91. The lowest BCUT2D eigenvalue weighted by Gasteiger charge is -2.18. The van der Waals surface area contributed by atoms with Crippen LogP contribution in [-0.4, -0.2) is 19.6 Å². The van der Waals surface area contributed by atoms with Crippen molar-refractivity contribution >= 4 is 11.6 Å². The fourth-order valence-corrected chi connectivity index (χ4v) is 2.37. The summed E-state index contributed by atoms with van der Waals surface area (Å²) in [6, 6.07) is 6.06. The van der Waals surface area contributed by atoms with E-state index in [-0.39, 0.29) is 5.38 Å². The molecular weight excluding hydrogens is 248 g/mol. The number of hydrogen-bond donors (Lipinski definition) is 0. The van der Waals surface area contributed by atoms with E-state index < -0.39 is 0 Å². The predicted octanol–water partition coefficient (Wildman–Crippen LogP) is 4.29. The Labute approximate surface area is 115 Å². The molecule has 0 saturated heterocycles. The van der Waals surface area contributed by atoms with Gasteiger partial charge in [0.05, 0.1) is 14.2 Å². The molecule has 0 aliphatic carbocycles. The minimum absolute atomic E-state index is 0.239. The molecule has 102 valence electrons. The number of benzene rings is 1. The highest BCUT2D eigenvalue weighted by Gasteiger charge is 2.15. The minimum Gasteiger partial charge on any atom is -0.493 e. The number of alkyl halides is 1. The largest absolute Gasteiger partial charge is 0.493 e. The number of hydrogen-bond acceptors (Lipinski definition) is 2. The number of rotatable bonds is 7. The van der Waals surface area contributed by atoms with E-state index in [4.69, 9.17) is 21.1 Å². The van der Waals surface area contributed by atoms with Gasteiger partial charge in [-0.05, 0) is 36.5 Å². The first kappa shape index (κ1) is 15.2. The molecule has 0 aliphatic rings. The van der Waals surface area contributed by atoms with Gasteiger partial charge in [-0.25, -0.2) is 0 Å². The summed E-state index contributed by atoms with van der Waals surface area (Å²) in [5, 5.41) is 0.239. The molecule has 3 heteroatoms. The van der Waals surface area contributed by atoms with E-state index in [0.717, 1.165) is 30.8 Å². The Morgan fingerprint density at radius 2 is 1.83 bits per heavy atom. The molecule has 1 rings (SSSR count). The Bertz CT molecular complexity index is 366. The second kappa shape index (κ2) is 7.52. The third-order valence-corrected chi connectivity index (χ3v) is 3.84. The van der Waals surface area contributed by atoms with Gasteiger partial charge in [-0.15, -0.1) is 11.6 Å². The van der Waals surface area contributed by atoms with E-state index in [9.17, 15) is 0 Å². The van der Waals surface area contributed by atoms with Crippen molar-refractivity contribution in [2.45, 2.75) is 38.5 Å². The van der Waals surface area contributed by atoms with Crippen LogP contribution in [0.2, 0.25) is 0 Å². The molecule has 0 aliphatic heterocycles. The fourth-order valence-electron chi connectivity index (χ4n) is 2.07. The molecule has 0 spiro atoms. The van der Waals surface area contributed by atoms with Crippen molar-refractivity contribution in [1.29, 1.82) is 0 Å². The average Bonchev–Trinajstić information content (AvgIpc) is 2.38. The van der Waals surface area contributed by atoms with Gasteiger partial charge in [0.2, 0.25) is 0 Å². The summed E-state index contributed by atoms with van der Waals surface area (Å²) >= 11 is 6.36. The smallest absolute Gasteiger partial charge is 0.160 e. The van der Waals surface area contributed by atoms with Gasteiger partial charge in [0.1, 0.15) is 0 Å². The maximum atomic E-state index is 6.36. The van der Waals surface area contributed by atoms with Gasteiger partial charge in [-0.1, -0.05) is 26.3 Å². The van der Waals surface area contributed by atoms with Crippen molar-refractivity contribution in [3.63, 3.8) is 0 Å². The maximum absolute atomic E-state index is 6.36. The first-order chi connectivity index (χ1) is 8.62. The number of methoxy groups -OCH3 is 2. The van der Waals surface area contributed by atoms with Crippen LogP contribution >= 0.6 is 11.6 Å². The highest BCUT2D eigenvalue weighted by atomic mass is 35.5. The average molecular weight is 271 g/mol. The van der Waals surface area contributed by atoms with Gasteiger partial charge in [0.25, 0.3) is 0 Å². The highest BCUT2D eigenvalue weighted by molar-refractivity contribution is 6.20. The van der Waals surface area contributed by atoms with Crippen LogP contribution in [0.25, 0.3) is 0 Å². The van der Waals surface area contributed by atoms with E-state index in [1.807, 2.05) is 12.1 Å². The van der Waals surface area contributed by atoms with Crippen LogP contribution in [0.5, 0.6) is 11.5 Å². The molecule has 2 unspecified atom stereocenters. The summed E-state index contributed by atoms with van der Waals surface area (Å²) in [6.07, 6.45) is 3.16. The zero-order chi connectivity index (χ0) is 13.5. The van der Waals surface area contributed by atoms with Crippen molar-refractivity contribution in [3.8, 4) is 11.5 Å². The summed E-state index contributed by atoms with van der Waals surface area (Å²) in [4.78, 5) is 0. The third-order valence-electron chi connectivity index (χ3n) is 3.19. The highest BCUT2D eigenvalue weighted by Crippen LogP contribution is 2.29. The van der Waals surface area contributed by atoms with Gasteiger partial charge in [-0.2, -0.15) is 0 Å². The van der Waals surface area contributed by atoms with Gasteiger partial charge in [0, 0.05) is 5.38 Å². The van der Waals surface area contributed by atoms with Crippen molar-refractivity contribution in [2.75, 3.05) is 14.2 Å². The lowest BCUT2D eigenvalue weighted by atomic mass is 9.95. The second-order valence-corrected chi connectivity index (χ2v) is 5.24. The SMILES string of the molecule is CCCC(Cl)C(C)Cc1ccc(OC)c(OC)c1. The van der Waals surface area contributed by atoms with E-state index in [1.165, 1.54) is 5.56 Å². The molecule has 2 atom stereocenters. The van der Waals surface area contributed by atoms with Crippen molar-refractivity contribution in [3.05, 3.63) is 23.8 Å². The maximum Gasteiger partial charge on any atom is 0.160 e. The third kappa shape index (κ3) is 4.09. The van der Waals surface area contributed by atoms with E-state index in [0.29, 0.717) is 5.92 Å². The summed E-state index contributed by atoms with van der Waals surface area (Å²) in [6.45, 7) is 4.36. The Kier molecular flexibility index (Phi) is 6.34. The van der Waals surface area contributed by atoms with Crippen LogP contribution in [0.3, 0.4) is 0 Å². The Morgan fingerprint density at radius 3 is 2.39 bits per heavy atom. The zero-order valence-corrected chi connectivity index (χ0v) is 12.5. The van der Waals surface area contributed by atoms with Gasteiger partial charge in [-0.3, -0.25) is 0 Å². The topological polar surface area (TPSA) is 18.5 Å². The molecule has 1 aromatic rings. The summed E-state index contributed by atoms with van der Waals surface area (Å²) < 4.78 is 10.5. The van der Waals surface area contributed by atoms with Crippen molar-refractivity contribution < 1.29 is 9.47 Å². The Balaban J connectivity index is 2.72. The summed E-state index contributed by atoms with van der Waals surface area (Å²) in [5.41, 5.74) is 1.24. The van der Waals surface area contributed by atoms with Crippen LogP contribution in [0.4, 0.5) is 0 Å². The van der Waals surface area contributed by atoms with Crippen molar-refractivity contribution in [1.82, 2.24) is 0 Å². The molecule has 0 radical (unpaired) electrons. The standard InChI is InChI=1S/C15H23ClO2/c1-5-6-13(16)11(2)9-12-7-8-14(17-3)15(10-12)18-4/h7-8,10-11,13H,5-6,9H2,1-4H3. The summed E-state index contributed by atoms with van der Waals surface area (Å²) in [5.74, 6) is 2.01. The van der Waals surface area contributed by atoms with E-state index >= 15 is 0 Å². The predicted molar refractivity (Wildman–Crippen MR) is 77.0 cm³/mol. The van der Waals surface area contributed by atoms with Crippen LogP contribution in [-0.2, 0) is 6.42 Å². The van der Waals surface area contributed by atoms with Crippen molar-refractivity contribution in [2.24, 2.45) is 5.92 Å². The molecule has 0 N–H and O–H groups in total. The second-order valence-electron chi connectivity index (χ2n) is 4.68. The van der Waals surface area contributed by atoms with Gasteiger partial charge in [0.15, 0.2) is 11.5 Å². The number of halogens is 1. The molecular formula is C15H23ClO2. The Hall–Kier alpha value is -0.890. The van der Waals surface area contributed by atoms with Crippen LogP contribution in [0.1, 0.15) is 32.3 Å². The quantitative estimate of drug-likeness (QED) is 0.688. The molecule has 1 aromatic carbocycles. The molecule has 0 fully saturated rings. The first-order valence-electron chi connectivity index (χ1n) is 6.47. The molecule has 0 aromatic heterocycles. The lowest BCUT2D eigenvalue weighted by molar-refractivity contribution is 0.354. The fraction of sp³-hybridized carbons (Fsp3) is 0.600. The minimum atomic E-state index is 0.239. The zero-order valence-electron chi connectivity index (χ0n) is 11.7.